The SMILES string of the molecule is Cc1c(C)c(C)c(-c2oc3cc(O)cc(O)c3c(=O)c2OC(C)C)c(C)c1C.Cc1c(C)c(C)c(C2Oc3cc(O)cc(O)c3C(=O)C2OC(C)C)c(C)c1C. The van der Waals surface area contributed by atoms with E-state index in [0.717, 1.165) is 67.8 Å². The summed E-state index contributed by atoms with van der Waals surface area (Å²) >= 11 is 0. The van der Waals surface area contributed by atoms with Gasteiger partial charge in [0.25, 0.3) is 0 Å². The van der Waals surface area contributed by atoms with Crippen molar-refractivity contribution in [3.05, 3.63) is 101 Å². The van der Waals surface area contributed by atoms with Crippen LogP contribution in [-0.2, 0) is 4.74 Å². The number of hydrogen-bond donors (Lipinski definition) is 4. The zero-order chi connectivity index (χ0) is 41.8. The lowest BCUT2D eigenvalue weighted by atomic mass is 9.83. The smallest absolute Gasteiger partial charge is 0.239 e. The van der Waals surface area contributed by atoms with Crippen LogP contribution < -0.4 is 14.9 Å². The molecule has 0 amide bonds. The number of phenols is 4. The van der Waals surface area contributed by atoms with Crippen molar-refractivity contribution in [1.82, 2.24) is 0 Å². The van der Waals surface area contributed by atoms with Crippen molar-refractivity contribution in [1.29, 1.82) is 0 Å². The van der Waals surface area contributed by atoms with Crippen LogP contribution >= 0.6 is 0 Å². The largest absolute Gasteiger partial charge is 0.508 e. The lowest BCUT2D eigenvalue weighted by Crippen LogP contribution is -2.40. The number of carbonyl (C=O) groups is 1. The van der Waals surface area contributed by atoms with Crippen LogP contribution in [0.3, 0.4) is 0 Å². The number of phenolic OH excluding ortho intramolecular Hbond substituents is 4. The van der Waals surface area contributed by atoms with E-state index >= 15 is 0 Å². The minimum atomic E-state index is -0.887. The van der Waals surface area contributed by atoms with Gasteiger partial charge < -0.3 is 39.1 Å². The summed E-state index contributed by atoms with van der Waals surface area (Å²) in [5, 5.41) is 40.2. The van der Waals surface area contributed by atoms with Gasteiger partial charge in [0.2, 0.25) is 17.0 Å². The quantitative estimate of drug-likeness (QED) is 0.131. The fourth-order valence-electron chi connectivity index (χ4n) is 7.61. The van der Waals surface area contributed by atoms with E-state index < -0.39 is 17.6 Å². The Morgan fingerprint density at radius 3 is 1.59 bits per heavy atom. The predicted molar refractivity (Wildman–Crippen MR) is 218 cm³/mol. The third-order valence-corrected chi connectivity index (χ3v) is 11.4. The van der Waals surface area contributed by atoms with Crippen molar-refractivity contribution >= 4 is 16.8 Å². The van der Waals surface area contributed by atoms with E-state index in [-0.39, 0.29) is 69.0 Å². The van der Waals surface area contributed by atoms with Gasteiger partial charge in [-0.1, -0.05) is 0 Å². The molecule has 1 aliphatic heterocycles. The number of fused-ring (bicyclic) bond motifs is 2. The van der Waals surface area contributed by atoms with E-state index in [1.165, 1.54) is 23.3 Å². The van der Waals surface area contributed by atoms with Gasteiger partial charge in [0.15, 0.2) is 18.0 Å². The minimum absolute atomic E-state index is 0.00642. The highest BCUT2D eigenvalue weighted by molar-refractivity contribution is 6.06. The minimum Gasteiger partial charge on any atom is -0.508 e. The van der Waals surface area contributed by atoms with Gasteiger partial charge >= 0.3 is 0 Å². The molecule has 4 N–H and O–H groups in total. The lowest BCUT2D eigenvalue weighted by Gasteiger charge is -2.36. The molecule has 2 unspecified atom stereocenters. The third-order valence-electron chi connectivity index (χ3n) is 11.4. The number of benzene rings is 4. The second-order valence-corrected chi connectivity index (χ2v) is 15.5. The molecule has 2 heterocycles. The first-order chi connectivity index (χ1) is 26.1. The molecule has 0 aliphatic carbocycles. The molecule has 10 nitrogen and oxygen atoms in total. The fourth-order valence-corrected chi connectivity index (χ4v) is 7.61. The Balaban J connectivity index is 0.000000214. The molecule has 5 aromatic rings. The standard InChI is InChI=1S/C23H28O5.C23H26O5/c2*1-10(2)27-23-21(26)20-17(25)8-16(24)9-18(20)28-22(23)19-14(6)12(4)11(3)13(5)15(19)7/h8-10,22-25H,1-7H3;8-10,24-25H,1-7H3. The number of hydrogen-bond acceptors (Lipinski definition) is 10. The summed E-state index contributed by atoms with van der Waals surface area (Å²) < 4.78 is 24.1. The van der Waals surface area contributed by atoms with Gasteiger partial charge in [0.1, 0.15) is 45.3 Å². The van der Waals surface area contributed by atoms with E-state index in [4.69, 9.17) is 18.6 Å². The van der Waals surface area contributed by atoms with Gasteiger partial charge in [-0.05, 0) is 153 Å². The molecule has 0 saturated heterocycles. The lowest BCUT2D eigenvalue weighted by molar-refractivity contribution is -0.0470. The third kappa shape index (κ3) is 7.30. The van der Waals surface area contributed by atoms with Crippen molar-refractivity contribution in [3.8, 4) is 45.8 Å². The highest BCUT2D eigenvalue weighted by Crippen LogP contribution is 2.46. The summed E-state index contributed by atoms with van der Waals surface area (Å²) in [6.45, 7) is 27.8. The van der Waals surface area contributed by atoms with Gasteiger partial charge in [-0.2, -0.15) is 0 Å². The Kier molecular flexibility index (Phi) is 11.6. The van der Waals surface area contributed by atoms with Crippen LogP contribution in [0.5, 0.6) is 34.5 Å². The number of carbonyl (C=O) groups excluding carboxylic acids is 1. The normalized spacial score (nSPS) is 15.2. The maximum absolute atomic E-state index is 13.3. The van der Waals surface area contributed by atoms with Crippen LogP contribution in [0.15, 0.2) is 33.5 Å². The van der Waals surface area contributed by atoms with E-state index in [0.29, 0.717) is 5.76 Å². The van der Waals surface area contributed by atoms with E-state index in [1.807, 2.05) is 69.2 Å². The molecule has 1 aromatic heterocycles. The molecule has 0 radical (unpaired) electrons. The predicted octanol–water partition coefficient (Wildman–Crippen LogP) is 9.95. The second-order valence-electron chi connectivity index (χ2n) is 15.5. The molecule has 4 aromatic carbocycles. The second kappa shape index (κ2) is 15.6. The molecule has 56 heavy (non-hydrogen) atoms. The van der Waals surface area contributed by atoms with Crippen LogP contribution in [0, 0.1) is 69.2 Å². The molecular formula is C46H54O10. The summed E-state index contributed by atoms with van der Waals surface area (Å²) in [5.74, 6) is -0.765. The maximum Gasteiger partial charge on any atom is 0.239 e. The molecule has 1 aliphatic rings. The highest BCUT2D eigenvalue weighted by atomic mass is 16.6. The average molecular weight is 767 g/mol. The van der Waals surface area contributed by atoms with Crippen molar-refractivity contribution in [2.45, 2.75) is 121 Å². The molecule has 6 rings (SSSR count). The van der Waals surface area contributed by atoms with Crippen LogP contribution in [0.4, 0.5) is 0 Å². The molecule has 0 fully saturated rings. The zero-order valence-corrected chi connectivity index (χ0v) is 34.9. The summed E-state index contributed by atoms with van der Waals surface area (Å²) in [6.07, 6.45) is -2.01. The van der Waals surface area contributed by atoms with Crippen LogP contribution in [0.1, 0.15) is 105 Å². The Morgan fingerprint density at radius 1 is 0.589 bits per heavy atom. The van der Waals surface area contributed by atoms with Gasteiger partial charge in [-0.15, -0.1) is 0 Å². The van der Waals surface area contributed by atoms with Gasteiger partial charge in [0, 0.05) is 35.4 Å². The summed E-state index contributed by atoms with van der Waals surface area (Å²) in [5.41, 5.74) is 12.5. The molecule has 0 saturated carbocycles. The van der Waals surface area contributed by atoms with Crippen molar-refractivity contribution in [3.63, 3.8) is 0 Å². The van der Waals surface area contributed by atoms with E-state index in [9.17, 15) is 30.0 Å². The van der Waals surface area contributed by atoms with Crippen LogP contribution in [0.2, 0.25) is 0 Å². The van der Waals surface area contributed by atoms with Crippen molar-refractivity contribution < 1.29 is 43.8 Å². The van der Waals surface area contributed by atoms with Crippen LogP contribution in [-0.4, -0.2) is 44.5 Å². The number of ether oxygens (including phenoxy) is 3. The van der Waals surface area contributed by atoms with E-state index in [2.05, 4.69) is 27.7 Å². The first-order valence-corrected chi connectivity index (χ1v) is 18.8. The fraction of sp³-hybridized carbons (Fsp3) is 0.391. The molecular weight excluding hydrogens is 712 g/mol. The Bertz CT molecular complexity index is 2390. The molecule has 0 spiro atoms. The summed E-state index contributed by atoms with van der Waals surface area (Å²) in [6, 6.07) is 4.96. The summed E-state index contributed by atoms with van der Waals surface area (Å²) in [4.78, 5) is 26.5. The highest BCUT2D eigenvalue weighted by Gasteiger charge is 2.43. The van der Waals surface area contributed by atoms with Crippen molar-refractivity contribution in [2.75, 3.05) is 0 Å². The molecule has 0 bridgehead atoms. The average Bonchev–Trinajstić information content (AvgIpc) is 3.10. The van der Waals surface area contributed by atoms with Gasteiger partial charge in [-0.3, -0.25) is 9.59 Å². The van der Waals surface area contributed by atoms with E-state index in [1.54, 1.807) is 0 Å². The first kappa shape index (κ1) is 41.7. The van der Waals surface area contributed by atoms with Gasteiger partial charge in [0.05, 0.1) is 12.2 Å². The monoisotopic (exact) mass is 766 g/mol. The van der Waals surface area contributed by atoms with Crippen molar-refractivity contribution in [2.24, 2.45) is 0 Å². The number of aromatic hydroxyl groups is 4. The topological polar surface area (TPSA) is 156 Å². The van der Waals surface area contributed by atoms with Gasteiger partial charge in [-0.25, -0.2) is 0 Å². The molecule has 298 valence electrons. The summed E-state index contributed by atoms with van der Waals surface area (Å²) in [7, 11) is 0. The maximum atomic E-state index is 13.3. The first-order valence-electron chi connectivity index (χ1n) is 18.8. The molecule has 2 atom stereocenters. The Hall–Kier alpha value is -5.48. The number of rotatable bonds is 6. The number of ketones is 1. The Morgan fingerprint density at radius 2 is 1.07 bits per heavy atom. The number of Topliss-reactive ketones (excluding diaryl/α,β-unsaturated/α-hetero) is 1. The Labute approximate surface area is 328 Å². The molecule has 10 heteroatoms. The van der Waals surface area contributed by atoms with Crippen LogP contribution in [0.25, 0.3) is 22.3 Å². The zero-order valence-electron chi connectivity index (χ0n) is 34.9.